The highest BCUT2D eigenvalue weighted by Gasteiger charge is 2.27. The Hall–Kier alpha value is -5.08. The molecule has 0 aliphatic carbocycles. The van der Waals surface area contributed by atoms with E-state index in [4.69, 9.17) is 0 Å². The highest BCUT2D eigenvalue weighted by molar-refractivity contribution is 5.84. The molecule has 332 valence electrons. The van der Waals surface area contributed by atoms with Crippen molar-refractivity contribution in [3.05, 3.63) is 166 Å². The molecule has 0 aliphatic rings. The van der Waals surface area contributed by atoms with Crippen LogP contribution in [0.1, 0.15) is 160 Å². The number of hydrogen-bond donors (Lipinski definition) is 0. The first-order valence-electron chi connectivity index (χ1n) is 23.9. The summed E-state index contributed by atoms with van der Waals surface area (Å²) < 4.78 is 0. The number of aryl methyl sites for hydroxylation is 4. The number of hydrogen-bond acceptors (Lipinski definition) is 2. The molecule has 0 amide bonds. The number of anilines is 6. The third kappa shape index (κ3) is 10.2. The van der Waals surface area contributed by atoms with Crippen molar-refractivity contribution in [2.45, 2.75) is 165 Å². The van der Waals surface area contributed by atoms with Crippen LogP contribution in [0.5, 0.6) is 0 Å². The molecule has 0 atom stereocenters. The summed E-state index contributed by atoms with van der Waals surface area (Å²) in [6.45, 7) is 37.0. The highest BCUT2D eigenvalue weighted by Crippen LogP contribution is 2.45. The molecule has 6 aromatic carbocycles. The Bertz CT molecular complexity index is 2430. The van der Waals surface area contributed by atoms with Gasteiger partial charge in [-0.2, -0.15) is 0 Å². The van der Waals surface area contributed by atoms with Crippen LogP contribution in [0.25, 0.3) is 11.1 Å². The van der Waals surface area contributed by atoms with E-state index < -0.39 is 0 Å². The van der Waals surface area contributed by atoms with E-state index in [2.05, 4.69) is 242 Å². The van der Waals surface area contributed by atoms with E-state index in [1.54, 1.807) is 0 Å². The first-order chi connectivity index (χ1) is 29.6. The third-order valence-electron chi connectivity index (χ3n) is 14.2. The molecule has 2 nitrogen and oxygen atoms in total. The molecule has 2 heteroatoms. The predicted molar refractivity (Wildman–Crippen MR) is 278 cm³/mol. The smallest absolute Gasteiger partial charge is 0.0520 e. The number of nitrogens with zero attached hydrogens (tertiary/aromatic N) is 2. The third-order valence-corrected chi connectivity index (χ3v) is 14.2. The molecule has 0 saturated heterocycles. The van der Waals surface area contributed by atoms with Gasteiger partial charge >= 0.3 is 0 Å². The summed E-state index contributed by atoms with van der Waals surface area (Å²) in [7, 11) is 0. The average molecular weight is 839 g/mol. The van der Waals surface area contributed by atoms with E-state index in [0.29, 0.717) is 0 Å². The summed E-state index contributed by atoms with van der Waals surface area (Å²) in [5, 5.41) is 0. The van der Waals surface area contributed by atoms with Gasteiger partial charge in [-0.05, 0) is 173 Å². The Morgan fingerprint density at radius 1 is 0.397 bits per heavy atom. The Morgan fingerprint density at radius 3 is 1.14 bits per heavy atom. The highest BCUT2D eigenvalue weighted by atomic mass is 15.2. The molecule has 0 bridgehead atoms. The van der Waals surface area contributed by atoms with Crippen LogP contribution < -0.4 is 9.80 Å². The summed E-state index contributed by atoms with van der Waals surface area (Å²) in [5.41, 5.74) is 20.7. The SMILES string of the molecule is CCCCC(C)(C)c1cccc(N(c2ccc(-c3ccc(N(c4ccc(C(C)(CC)CC)cc4)c4c(C)cc(C(C)(C)C)cc4C)cc3)cc2)c2c(C)cc(C(C)(C)C)cc2C)c1. The first kappa shape index (κ1) is 47.4. The quantitative estimate of drug-likeness (QED) is 0.108. The van der Waals surface area contributed by atoms with Gasteiger partial charge in [0.1, 0.15) is 0 Å². The Kier molecular flexibility index (Phi) is 14.0. The van der Waals surface area contributed by atoms with Gasteiger partial charge in [0.05, 0.1) is 11.4 Å². The number of unbranched alkanes of at least 4 members (excludes halogenated alkanes) is 1. The maximum atomic E-state index is 2.49. The second-order valence-corrected chi connectivity index (χ2v) is 21.5. The van der Waals surface area contributed by atoms with Crippen molar-refractivity contribution in [3.8, 4) is 11.1 Å². The van der Waals surface area contributed by atoms with Gasteiger partial charge in [0, 0.05) is 22.7 Å². The van der Waals surface area contributed by atoms with Crippen molar-refractivity contribution >= 4 is 34.1 Å². The average Bonchev–Trinajstić information content (AvgIpc) is 3.24. The second-order valence-electron chi connectivity index (χ2n) is 21.5. The molecular weight excluding hydrogens is 761 g/mol. The van der Waals surface area contributed by atoms with Gasteiger partial charge in [0.25, 0.3) is 0 Å². The monoisotopic (exact) mass is 839 g/mol. The van der Waals surface area contributed by atoms with Crippen LogP contribution in [-0.4, -0.2) is 0 Å². The maximum Gasteiger partial charge on any atom is 0.0520 e. The summed E-state index contributed by atoms with van der Waals surface area (Å²) in [5.74, 6) is 0. The zero-order valence-electron chi connectivity index (χ0n) is 42.0. The van der Waals surface area contributed by atoms with Gasteiger partial charge in [-0.15, -0.1) is 0 Å². The van der Waals surface area contributed by atoms with E-state index in [1.807, 2.05) is 0 Å². The van der Waals surface area contributed by atoms with Crippen LogP contribution in [0.2, 0.25) is 0 Å². The van der Waals surface area contributed by atoms with E-state index in [-0.39, 0.29) is 21.7 Å². The van der Waals surface area contributed by atoms with E-state index >= 15 is 0 Å². The van der Waals surface area contributed by atoms with Gasteiger partial charge < -0.3 is 9.80 Å². The minimum atomic E-state index is 0.0704. The van der Waals surface area contributed by atoms with Crippen LogP contribution in [0.15, 0.2) is 121 Å². The number of rotatable bonds is 14. The lowest BCUT2D eigenvalue weighted by Gasteiger charge is -2.32. The molecule has 6 aromatic rings. The largest absolute Gasteiger partial charge is 0.310 e. The Balaban J connectivity index is 1.42. The summed E-state index contributed by atoms with van der Waals surface area (Å²) >= 11 is 0. The molecule has 0 aliphatic heterocycles. The van der Waals surface area contributed by atoms with Gasteiger partial charge in [0.2, 0.25) is 0 Å². The summed E-state index contributed by atoms with van der Waals surface area (Å²) in [6.07, 6.45) is 5.84. The van der Waals surface area contributed by atoms with E-state index in [0.717, 1.165) is 24.2 Å². The van der Waals surface area contributed by atoms with Crippen LogP contribution in [0.4, 0.5) is 34.1 Å². The summed E-state index contributed by atoms with van der Waals surface area (Å²) in [4.78, 5) is 4.96. The van der Waals surface area contributed by atoms with Crippen molar-refractivity contribution in [1.82, 2.24) is 0 Å². The molecule has 0 N–H and O–H groups in total. The fourth-order valence-electron chi connectivity index (χ4n) is 9.40. The lowest BCUT2D eigenvalue weighted by molar-refractivity contribution is 0.439. The normalized spacial score (nSPS) is 12.4. The molecule has 0 spiro atoms. The zero-order chi connectivity index (χ0) is 46.1. The van der Waals surface area contributed by atoms with Gasteiger partial charge in [-0.3, -0.25) is 0 Å². The van der Waals surface area contributed by atoms with Crippen LogP contribution in [-0.2, 0) is 21.7 Å². The van der Waals surface area contributed by atoms with Gasteiger partial charge in [0.15, 0.2) is 0 Å². The molecule has 0 saturated carbocycles. The van der Waals surface area contributed by atoms with Crippen LogP contribution in [0, 0.1) is 27.7 Å². The number of benzene rings is 6. The Morgan fingerprint density at radius 2 is 0.778 bits per heavy atom. The van der Waals surface area contributed by atoms with Crippen molar-refractivity contribution in [1.29, 1.82) is 0 Å². The second kappa shape index (κ2) is 18.6. The lowest BCUT2D eigenvalue weighted by atomic mass is 9.78. The van der Waals surface area contributed by atoms with Gasteiger partial charge in [-0.25, -0.2) is 0 Å². The minimum Gasteiger partial charge on any atom is -0.310 e. The topological polar surface area (TPSA) is 6.48 Å². The fraction of sp³-hybridized carbons (Fsp3) is 0.410. The summed E-state index contributed by atoms with van der Waals surface area (Å²) in [6, 6.07) is 46.7. The van der Waals surface area contributed by atoms with E-state index in [1.165, 1.54) is 97.6 Å². The molecule has 0 aromatic heterocycles. The lowest BCUT2D eigenvalue weighted by Crippen LogP contribution is -2.20. The molecule has 0 fully saturated rings. The minimum absolute atomic E-state index is 0.0704. The van der Waals surface area contributed by atoms with Crippen molar-refractivity contribution < 1.29 is 0 Å². The first-order valence-corrected chi connectivity index (χ1v) is 23.9. The standard InChI is InChI=1S/C61H78N2/c1-17-20-36-60(14,15)49-22-21-23-55(41-49)63(57-44(6)39-51(40-45(57)7)59(11,12)13)53-32-26-47(27-33-53)46-24-30-52(31-25-46)62(54-34-28-48(29-35-54)61(16,18-2)19-3)56-42(4)37-50(38-43(56)5)58(8,9)10/h21-35,37-41H,17-20,36H2,1-16H3. The molecule has 0 unspecified atom stereocenters. The molecule has 6 rings (SSSR count). The zero-order valence-corrected chi connectivity index (χ0v) is 42.0. The molecular formula is C61H78N2. The van der Waals surface area contributed by atoms with Crippen LogP contribution >= 0.6 is 0 Å². The van der Waals surface area contributed by atoms with Crippen LogP contribution in [0.3, 0.4) is 0 Å². The predicted octanol–water partition coefficient (Wildman–Crippen LogP) is 18.7. The molecule has 0 heterocycles. The molecule has 63 heavy (non-hydrogen) atoms. The fourth-order valence-corrected chi connectivity index (χ4v) is 9.40. The molecule has 0 radical (unpaired) electrons. The maximum absolute atomic E-state index is 2.49. The van der Waals surface area contributed by atoms with Crippen molar-refractivity contribution in [2.75, 3.05) is 9.80 Å². The van der Waals surface area contributed by atoms with Gasteiger partial charge in [-0.1, -0.05) is 169 Å². The Labute approximate surface area is 383 Å². The van der Waals surface area contributed by atoms with Crippen molar-refractivity contribution in [2.24, 2.45) is 0 Å². The van der Waals surface area contributed by atoms with E-state index in [9.17, 15) is 0 Å². The van der Waals surface area contributed by atoms with Crippen molar-refractivity contribution in [3.63, 3.8) is 0 Å².